The van der Waals surface area contributed by atoms with Crippen molar-refractivity contribution in [1.82, 2.24) is 16.0 Å². The standard InChI is InChI=1S/C24H33N3/c1-3-21-7-11-23(12-8-21)19-26-17-5-15-25-16-6-18-27-20-24-13-9-22(4-2)10-14-24/h3-4,7-14,25-27H,1-2,5-6,15-20H2. The Bertz CT molecular complexity index is 600. The van der Waals surface area contributed by atoms with Gasteiger partial charge in [-0.25, -0.2) is 0 Å². The maximum Gasteiger partial charge on any atom is 0.0205 e. The van der Waals surface area contributed by atoms with E-state index < -0.39 is 0 Å². The lowest BCUT2D eigenvalue weighted by Gasteiger charge is -2.08. The summed E-state index contributed by atoms with van der Waals surface area (Å²) in [5, 5.41) is 10.5. The zero-order valence-corrected chi connectivity index (χ0v) is 16.3. The van der Waals surface area contributed by atoms with Crippen LogP contribution in [0.1, 0.15) is 35.1 Å². The van der Waals surface area contributed by atoms with Crippen molar-refractivity contribution in [3.05, 3.63) is 83.9 Å². The molecule has 0 saturated heterocycles. The van der Waals surface area contributed by atoms with Gasteiger partial charge in [0, 0.05) is 13.1 Å². The minimum Gasteiger partial charge on any atom is -0.317 e. The van der Waals surface area contributed by atoms with Gasteiger partial charge in [0.1, 0.15) is 0 Å². The minimum atomic E-state index is 0.926. The van der Waals surface area contributed by atoms with Gasteiger partial charge < -0.3 is 16.0 Å². The van der Waals surface area contributed by atoms with E-state index in [-0.39, 0.29) is 0 Å². The van der Waals surface area contributed by atoms with Crippen LogP contribution in [0.25, 0.3) is 12.2 Å². The lowest BCUT2D eigenvalue weighted by atomic mass is 10.1. The maximum absolute atomic E-state index is 3.78. The molecule has 0 aromatic heterocycles. The first-order valence-electron chi connectivity index (χ1n) is 9.87. The zero-order valence-electron chi connectivity index (χ0n) is 16.3. The molecule has 2 aromatic rings. The first kappa shape index (κ1) is 21.1. The SMILES string of the molecule is C=Cc1ccc(CNCCCNCCCNCc2ccc(C=C)cc2)cc1. The summed E-state index contributed by atoms with van der Waals surface area (Å²) < 4.78 is 0. The largest absolute Gasteiger partial charge is 0.317 e. The Morgan fingerprint density at radius 1 is 0.556 bits per heavy atom. The molecule has 3 heteroatoms. The average Bonchev–Trinajstić information content (AvgIpc) is 2.73. The summed E-state index contributed by atoms with van der Waals surface area (Å²) in [6.07, 6.45) is 6.04. The van der Waals surface area contributed by atoms with Crippen molar-refractivity contribution in [3.63, 3.8) is 0 Å². The number of hydrogen-bond acceptors (Lipinski definition) is 3. The van der Waals surface area contributed by atoms with Crippen LogP contribution >= 0.6 is 0 Å². The summed E-state index contributed by atoms with van der Waals surface area (Å²) in [6.45, 7) is 13.6. The summed E-state index contributed by atoms with van der Waals surface area (Å²) in [6, 6.07) is 17.1. The van der Waals surface area contributed by atoms with Crippen LogP contribution in [0.2, 0.25) is 0 Å². The van der Waals surface area contributed by atoms with Gasteiger partial charge in [-0.15, -0.1) is 0 Å². The van der Waals surface area contributed by atoms with E-state index in [9.17, 15) is 0 Å². The van der Waals surface area contributed by atoms with Gasteiger partial charge in [0.15, 0.2) is 0 Å². The van der Waals surface area contributed by atoms with E-state index >= 15 is 0 Å². The molecule has 0 aliphatic rings. The molecule has 3 nitrogen and oxygen atoms in total. The van der Waals surface area contributed by atoms with Gasteiger partial charge >= 0.3 is 0 Å². The van der Waals surface area contributed by atoms with Gasteiger partial charge in [-0.05, 0) is 61.3 Å². The van der Waals surface area contributed by atoms with Crippen LogP contribution in [0.5, 0.6) is 0 Å². The van der Waals surface area contributed by atoms with Gasteiger partial charge in [-0.3, -0.25) is 0 Å². The molecule has 2 aromatic carbocycles. The number of rotatable bonds is 14. The number of nitrogens with one attached hydrogen (secondary N) is 3. The molecule has 0 aliphatic carbocycles. The van der Waals surface area contributed by atoms with Crippen molar-refractivity contribution in [2.75, 3.05) is 26.2 Å². The second kappa shape index (κ2) is 13.0. The third kappa shape index (κ3) is 8.83. The van der Waals surface area contributed by atoms with Crippen LogP contribution in [0, 0.1) is 0 Å². The van der Waals surface area contributed by atoms with Crippen LogP contribution < -0.4 is 16.0 Å². The highest BCUT2D eigenvalue weighted by Crippen LogP contribution is 2.05. The van der Waals surface area contributed by atoms with E-state index in [0.717, 1.165) is 52.1 Å². The molecule has 0 saturated carbocycles. The Hall–Kier alpha value is -2.20. The molecule has 0 bridgehead atoms. The van der Waals surface area contributed by atoms with Crippen molar-refractivity contribution in [1.29, 1.82) is 0 Å². The summed E-state index contributed by atoms with van der Waals surface area (Å²) in [5.74, 6) is 0. The van der Waals surface area contributed by atoms with E-state index in [1.807, 2.05) is 12.2 Å². The predicted molar refractivity (Wildman–Crippen MR) is 119 cm³/mol. The molecular formula is C24H33N3. The fourth-order valence-corrected chi connectivity index (χ4v) is 2.81. The molecule has 144 valence electrons. The smallest absolute Gasteiger partial charge is 0.0205 e. The maximum atomic E-state index is 3.78. The second-order valence-electron chi connectivity index (χ2n) is 6.70. The number of benzene rings is 2. The highest BCUT2D eigenvalue weighted by atomic mass is 14.9. The van der Waals surface area contributed by atoms with Crippen molar-refractivity contribution in [3.8, 4) is 0 Å². The molecule has 0 heterocycles. The van der Waals surface area contributed by atoms with Crippen molar-refractivity contribution >= 4 is 12.2 Å². The van der Waals surface area contributed by atoms with Crippen molar-refractivity contribution < 1.29 is 0 Å². The number of hydrogen-bond donors (Lipinski definition) is 3. The summed E-state index contributed by atoms with van der Waals surface area (Å²) >= 11 is 0. The van der Waals surface area contributed by atoms with Gasteiger partial charge in [-0.2, -0.15) is 0 Å². The van der Waals surface area contributed by atoms with Gasteiger partial charge in [0.25, 0.3) is 0 Å². The molecule has 0 fully saturated rings. The third-order valence-corrected chi connectivity index (χ3v) is 4.50. The normalized spacial score (nSPS) is 10.7. The Morgan fingerprint density at radius 2 is 0.926 bits per heavy atom. The Balaban J connectivity index is 1.39. The van der Waals surface area contributed by atoms with Crippen LogP contribution in [-0.2, 0) is 13.1 Å². The van der Waals surface area contributed by atoms with Crippen molar-refractivity contribution in [2.24, 2.45) is 0 Å². The molecule has 0 atom stereocenters. The molecular weight excluding hydrogens is 330 g/mol. The molecule has 2 rings (SSSR count). The average molecular weight is 364 g/mol. The quantitative estimate of drug-likeness (QED) is 0.440. The monoisotopic (exact) mass is 363 g/mol. The van der Waals surface area contributed by atoms with Gasteiger partial charge in [-0.1, -0.05) is 73.8 Å². The van der Waals surface area contributed by atoms with E-state index in [1.54, 1.807) is 0 Å². The van der Waals surface area contributed by atoms with Crippen LogP contribution in [0.15, 0.2) is 61.7 Å². The summed E-state index contributed by atoms with van der Waals surface area (Å²) in [5.41, 5.74) is 4.98. The molecule has 0 amide bonds. The highest BCUT2D eigenvalue weighted by Gasteiger charge is 1.95. The Morgan fingerprint density at radius 3 is 1.30 bits per heavy atom. The second-order valence-corrected chi connectivity index (χ2v) is 6.70. The molecule has 0 radical (unpaired) electrons. The van der Waals surface area contributed by atoms with E-state index in [4.69, 9.17) is 0 Å². The highest BCUT2D eigenvalue weighted by molar-refractivity contribution is 5.47. The van der Waals surface area contributed by atoms with Gasteiger partial charge in [0.05, 0.1) is 0 Å². The fourth-order valence-electron chi connectivity index (χ4n) is 2.81. The lowest BCUT2D eigenvalue weighted by Crippen LogP contribution is -2.25. The Kier molecular flexibility index (Phi) is 10.2. The molecule has 0 aliphatic heterocycles. The minimum absolute atomic E-state index is 0.926. The van der Waals surface area contributed by atoms with E-state index in [1.165, 1.54) is 22.3 Å². The molecule has 0 spiro atoms. The van der Waals surface area contributed by atoms with E-state index in [0.29, 0.717) is 0 Å². The molecule has 27 heavy (non-hydrogen) atoms. The molecule has 0 unspecified atom stereocenters. The van der Waals surface area contributed by atoms with Crippen molar-refractivity contribution in [2.45, 2.75) is 25.9 Å². The van der Waals surface area contributed by atoms with Crippen LogP contribution in [0.3, 0.4) is 0 Å². The molecule has 3 N–H and O–H groups in total. The van der Waals surface area contributed by atoms with Gasteiger partial charge in [0.2, 0.25) is 0 Å². The fraction of sp³-hybridized carbons (Fsp3) is 0.333. The third-order valence-electron chi connectivity index (χ3n) is 4.50. The summed E-state index contributed by atoms with van der Waals surface area (Å²) in [4.78, 5) is 0. The zero-order chi connectivity index (χ0) is 19.2. The lowest BCUT2D eigenvalue weighted by molar-refractivity contribution is 0.565. The topological polar surface area (TPSA) is 36.1 Å². The van der Waals surface area contributed by atoms with Crippen LogP contribution in [0.4, 0.5) is 0 Å². The Labute approximate surface area is 164 Å². The first-order valence-corrected chi connectivity index (χ1v) is 9.87. The predicted octanol–water partition coefficient (Wildman–Crippen LogP) is 4.22. The first-order chi connectivity index (χ1) is 13.3. The summed E-state index contributed by atoms with van der Waals surface area (Å²) in [7, 11) is 0. The van der Waals surface area contributed by atoms with E-state index in [2.05, 4.69) is 77.6 Å². The van der Waals surface area contributed by atoms with Crippen LogP contribution in [-0.4, -0.2) is 26.2 Å².